The third-order valence-electron chi connectivity index (χ3n) is 2.27. The zero-order chi connectivity index (χ0) is 13.9. The second-order valence-corrected chi connectivity index (χ2v) is 5.48. The molecule has 1 aromatic rings. The van der Waals surface area contributed by atoms with E-state index in [2.05, 4.69) is 9.97 Å². The van der Waals surface area contributed by atoms with Crippen molar-refractivity contribution in [1.29, 1.82) is 0 Å². The molecule has 0 spiro atoms. The minimum Gasteiger partial charge on any atom is -0.478 e. The van der Waals surface area contributed by atoms with Gasteiger partial charge < -0.3 is 10.2 Å². The van der Waals surface area contributed by atoms with Crippen LogP contribution in [0.2, 0.25) is 0 Å². The van der Waals surface area contributed by atoms with Gasteiger partial charge in [0.25, 0.3) is 0 Å². The Morgan fingerprint density at radius 2 is 1.94 bits per heavy atom. The van der Waals surface area contributed by atoms with Crippen molar-refractivity contribution in [3.63, 3.8) is 0 Å². The Kier molecular flexibility index (Phi) is 5.10. The molecule has 0 saturated heterocycles. The molecular weight excluding hydrogens is 252 g/mol. The molecule has 0 amide bonds. The van der Waals surface area contributed by atoms with Crippen molar-refractivity contribution in [2.24, 2.45) is 0 Å². The molecule has 0 aliphatic heterocycles. The molecule has 1 rings (SSSR count). The van der Waals surface area contributed by atoms with E-state index in [9.17, 15) is 15.0 Å². The van der Waals surface area contributed by atoms with Gasteiger partial charge in [-0.25, -0.2) is 14.8 Å². The number of carboxylic acids is 1. The minimum atomic E-state index is -1.03. The number of nitrogens with zero attached hydrogens (tertiary/aromatic N) is 2. The van der Waals surface area contributed by atoms with Crippen molar-refractivity contribution < 1.29 is 15.0 Å². The van der Waals surface area contributed by atoms with Gasteiger partial charge in [-0.15, -0.1) is 11.8 Å². The summed E-state index contributed by atoms with van der Waals surface area (Å²) in [7, 11) is 0. The van der Waals surface area contributed by atoms with E-state index in [0.717, 1.165) is 0 Å². The van der Waals surface area contributed by atoms with Gasteiger partial charge in [-0.05, 0) is 13.8 Å². The lowest BCUT2D eigenvalue weighted by Crippen LogP contribution is -2.12. The van der Waals surface area contributed by atoms with E-state index in [1.807, 2.05) is 13.8 Å². The molecule has 100 valence electrons. The largest absolute Gasteiger partial charge is 0.478 e. The zero-order valence-corrected chi connectivity index (χ0v) is 11.8. The van der Waals surface area contributed by atoms with Crippen LogP contribution in [0.4, 0.5) is 0 Å². The van der Waals surface area contributed by atoms with Gasteiger partial charge in [-0.2, -0.15) is 0 Å². The summed E-state index contributed by atoms with van der Waals surface area (Å²) in [5, 5.41) is 18.9. The summed E-state index contributed by atoms with van der Waals surface area (Å²) >= 11 is 1.25. The van der Waals surface area contributed by atoms with E-state index in [0.29, 0.717) is 22.3 Å². The highest BCUT2D eigenvalue weighted by atomic mass is 32.2. The molecule has 1 heterocycles. The standard InChI is InChI=1S/C12H18N2O3S/c1-6(2)10-13-8(4)9(12(16)17)11(14-10)18-5-7(3)15/h6-7,15H,5H2,1-4H3,(H,16,17). The number of aromatic nitrogens is 2. The summed E-state index contributed by atoms with van der Waals surface area (Å²) in [5.41, 5.74) is 0.597. The van der Waals surface area contributed by atoms with Crippen molar-refractivity contribution in [3.8, 4) is 0 Å². The van der Waals surface area contributed by atoms with Crippen molar-refractivity contribution in [2.45, 2.75) is 44.7 Å². The van der Waals surface area contributed by atoms with Crippen LogP contribution in [0, 0.1) is 6.92 Å². The SMILES string of the molecule is Cc1nc(C(C)C)nc(SCC(C)O)c1C(=O)O. The summed E-state index contributed by atoms with van der Waals surface area (Å²) in [5.74, 6) is 0.146. The second kappa shape index (κ2) is 6.15. The van der Waals surface area contributed by atoms with Crippen molar-refractivity contribution in [2.75, 3.05) is 5.75 Å². The van der Waals surface area contributed by atoms with Gasteiger partial charge >= 0.3 is 5.97 Å². The maximum absolute atomic E-state index is 11.2. The van der Waals surface area contributed by atoms with E-state index in [4.69, 9.17) is 0 Å². The molecule has 0 aliphatic rings. The first-order valence-corrected chi connectivity index (χ1v) is 6.74. The average Bonchev–Trinajstić information content (AvgIpc) is 2.24. The van der Waals surface area contributed by atoms with Crippen molar-refractivity contribution >= 4 is 17.7 Å². The molecule has 0 aliphatic carbocycles. The van der Waals surface area contributed by atoms with E-state index >= 15 is 0 Å². The minimum absolute atomic E-state index is 0.130. The molecule has 1 unspecified atom stereocenters. The molecule has 0 bridgehead atoms. The van der Waals surface area contributed by atoms with E-state index in [1.54, 1.807) is 13.8 Å². The van der Waals surface area contributed by atoms with Crippen LogP contribution in [0.25, 0.3) is 0 Å². The lowest BCUT2D eigenvalue weighted by Gasteiger charge is -2.12. The molecule has 0 fully saturated rings. The molecule has 2 N–H and O–H groups in total. The topological polar surface area (TPSA) is 83.3 Å². The van der Waals surface area contributed by atoms with Crippen LogP contribution in [-0.2, 0) is 0 Å². The lowest BCUT2D eigenvalue weighted by molar-refractivity contribution is 0.0690. The van der Waals surface area contributed by atoms with Crippen LogP contribution in [0.3, 0.4) is 0 Å². The summed E-state index contributed by atoms with van der Waals surface area (Å²) in [6.07, 6.45) is -0.505. The fourth-order valence-corrected chi connectivity index (χ4v) is 2.31. The molecule has 18 heavy (non-hydrogen) atoms. The molecule has 5 nitrogen and oxygen atoms in total. The number of aliphatic hydroxyl groups is 1. The number of carboxylic acid groups (broad SMARTS) is 1. The Morgan fingerprint density at radius 1 is 1.33 bits per heavy atom. The number of carbonyl (C=O) groups is 1. The van der Waals surface area contributed by atoms with Crippen LogP contribution in [0.15, 0.2) is 5.03 Å². The van der Waals surface area contributed by atoms with Gasteiger partial charge in [0, 0.05) is 11.7 Å². The van der Waals surface area contributed by atoms with Gasteiger partial charge in [-0.3, -0.25) is 0 Å². The van der Waals surface area contributed by atoms with Gasteiger partial charge in [0.2, 0.25) is 0 Å². The molecular formula is C12H18N2O3S. The fraction of sp³-hybridized carbons (Fsp3) is 0.583. The number of aliphatic hydroxyl groups excluding tert-OH is 1. The number of thioether (sulfide) groups is 1. The third-order valence-corrected chi connectivity index (χ3v) is 3.48. The molecule has 0 radical (unpaired) electrons. The molecule has 6 heteroatoms. The molecule has 0 aromatic carbocycles. The predicted molar refractivity (Wildman–Crippen MR) is 70.2 cm³/mol. The predicted octanol–water partition coefficient (Wildman–Crippen LogP) is 2.08. The van der Waals surface area contributed by atoms with E-state index in [-0.39, 0.29) is 11.5 Å². The van der Waals surface area contributed by atoms with Crippen LogP contribution in [-0.4, -0.2) is 38.0 Å². The first kappa shape index (κ1) is 14.9. The maximum atomic E-state index is 11.2. The van der Waals surface area contributed by atoms with Crippen LogP contribution >= 0.6 is 11.8 Å². The highest BCUT2D eigenvalue weighted by Gasteiger charge is 2.19. The first-order chi connectivity index (χ1) is 8.32. The Labute approximate surface area is 111 Å². The molecule has 1 aromatic heterocycles. The Balaban J connectivity index is 3.20. The number of aryl methyl sites for hydroxylation is 1. The monoisotopic (exact) mass is 270 g/mol. The normalized spacial score (nSPS) is 12.8. The molecule has 1 atom stereocenters. The van der Waals surface area contributed by atoms with E-state index < -0.39 is 12.1 Å². The number of aromatic carboxylic acids is 1. The average molecular weight is 270 g/mol. The Morgan fingerprint density at radius 3 is 2.39 bits per heavy atom. The number of hydrogen-bond donors (Lipinski definition) is 2. The zero-order valence-electron chi connectivity index (χ0n) is 11.0. The maximum Gasteiger partial charge on any atom is 0.340 e. The van der Waals surface area contributed by atoms with Crippen molar-refractivity contribution in [1.82, 2.24) is 9.97 Å². The first-order valence-electron chi connectivity index (χ1n) is 5.75. The van der Waals surface area contributed by atoms with Crippen LogP contribution in [0.1, 0.15) is 48.6 Å². The van der Waals surface area contributed by atoms with Gasteiger partial charge in [-0.1, -0.05) is 13.8 Å². The van der Waals surface area contributed by atoms with Gasteiger partial charge in [0.05, 0.1) is 11.8 Å². The highest BCUT2D eigenvalue weighted by Crippen LogP contribution is 2.25. The van der Waals surface area contributed by atoms with Crippen LogP contribution < -0.4 is 0 Å². The summed E-state index contributed by atoms with van der Waals surface area (Å²) in [6.45, 7) is 7.24. The highest BCUT2D eigenvalue weighted by molar-refractivity contribution is 7.99. The van der Waals surface area contributed by atoms with Gasteiger partial charge in [0.15, 0.2) is 0 Å². The number of hydrogen-bond acceptors (Lipinski definition) is 5. The Hall–Kier alpha value is -1.14. The van der Waals surface area contributed by atoms with E-state index in [1.165, 1.54) is 11.8 Å². The smallest absolute Gasteiger partial charge is 0.340 e. The third kappa shape index (κ3) is 3.68. The summed E-state index contributed by atoms with van der Waals surface area (Å²) in [4.78, 5) is 19.7. The van der Waals surface area contributed by atoms with Crippen LogP contribution in [0.5, 0.6) is 0 Å². The number of rotatable bonds is 5. The van der Waals surface area contributed by atoms with Gasteiger partial charge in [0.1, 0.15) is 16.4 Å². The molecule has 0 saturated carbocycles. The second-order valence-electron chi connectivity index (χ2n) is 4.47. The van der Waals surface area contributed by atoms with Crippen molar-refractivity contribution in [3.05, 3.63) is 17.1 Å². The fourth-order valence-electron chi connectivity index (χ4n) is 1.38. The summed E-state index contributed by atoms with van der Waals surface area (Å²) in [6, 6.07) is 0. The Bertz CT molecular complexity index is 447. The quantitative estimate of drug-likeness (QED) is 0.629. The lowest BCUT2D eigenvalue weighted by atomic mass is 10.2. The summed E-state index contributed by atoms with van der Waals surface area (Å²) < 4.78 is 0.